The molecule has 0 heterocycles. The summed E-state index contributed by atoms with van der Waals surface area (Å²) in [4.78, 5) is 13.7. The molecule has 4 nitrogen and oxygen atoms in total. The second kappa shape index (κ2) is 8.53. The molecule has 106 valence electrons. The molecule has 0 aliphatic heterocycles. The standard InChI is InChI=1S/C15H24N2O2/c1-4-16-11-10-15(18)17(3)12-13-8-6-7-9-14(13)19-5-2/h6-9,16H,4-5,10-12H2,1-3H3. The first-order valence-electron chi connectivity index (χ1n) is 6.84. The van der Waals surface area contributed by atoms with Crippen molar-refractivity contribution in [2.75, 3.05) is 26.7 Å². The summed E-state index contributed by atoms with van der Waals surface area (Å²) >= 11 is 0. The predicted octanol–water partition coefficient (Wildman–Crippen LogP) is 2.04. The zero-order chi connectivity index (χ0) is 14.1. The summed E-state index contributed by atoms with van der Waals surface area (Å²) in [5, 5.41) is 3.16. The van der Waals surface area contributed by atoms with Gasteiger partial charge in [-0.3, -0.25) is 4.79 Å². The summed E-state index contributed by atoms with van der Waals surface area (Å²) < 4.78 is 5.57. The van der Waals surface area contributed by atoms with Crippen molar-refractivity contribution in [3.63, 3.8) is 0 Å². The molecule has 0 aliphatic carbocycles. The average molecular weight is 264 g/mol. The van der Waals surface area contributed by atoms with Gasteiger partial charge in [0.1, 0.15) is 5.75 Å². The number of nitrogens with zero attached hydrogens (tertiary/aromatic N) is 1. The lowest BCUT2D eigenvalue weighted by molar-refractivity contribution is -0.130. The Labute approximate surface area is 115 Å². The number of carbonyl (C=O) groups excluding carboxylic acids is 1. The Hall–Kier alpha value is -1.55. The summed E-state index contributed by atoms with van der Waals surface area (Å²) in [6.07, 6.45) is 0.529. The van der Waals surface area contributed by atoms with E-state index in [9.17, 15) is 4.79 Å². The molecule has 0 aliphatic rings. The summed E-state index contributed by atoms with van der Waals surface area (Å²) in [5.41, 5.74) is 1.05. The Morgan fingerprint density at radius 2 is 2.05 bits per heavy atom. The van der Waals surface area contributed by atoms with Gasteiger partial charge in [0.15, 0.2) is 0 Å². The van der Waals surface area contributed by atoms with Crippen LogP contribution in [-0.2, 0) is 11.3 Å². The van der Waals surface area contributed by atoms with Crippen LogP contribution >= 0.6 is 0 Å². The summed E-state index contributed by atoms with van der Waals surface area (Å²) in [5.74, 6) is 1.00. The molecule has 1 amide bonds. The van der Waals surface area contributed by atoms with Gasteiger partial charge in [0, 0.05) is 32.1 Å². The highest BCUT2D eigenvalue weighted by molar-refractivity contribution is 5.76. The zero-order valence-corrected chi connectivity index (χ0v) is 12.1. The van der Waals surface area contributed by atoms with Crippen LogP contribution < -0.4 is 10.1 Å². The first-order chi connectivity index (χ1) is 9.19. The van der Waals surface area contributed by atoms with Gasteiger partial charge in [0.25, 0.3) is 0 Å². The van der Waals surface area contributed by atoms with E-state index < -0.39 is 0 Å². The predicted molar refractivity (Wildman–Crippen MR) is 77.2 cm³/mol. The molecule has 0 bridgehead atoms. The topological polar surface area (TPSA) is 41.6 Å². The monoisotopic (exact) mass is 264 g/mol. The van der Waals surface area contributed by atoms with Crippen LogP contribution in [0, 0.1) is 0 Å². The highest BCUT2D eigenvalue weighted by Crippen LogP contribution is 2.19. The maximum Gasteiger partial charge on any atom is 0.223 e. The fraction of sp³-hybridized carbons (Fsp3) is 0.533. The summed E-state index contributed by atoms with van der Waals surface area (Å²) in [7, 11) is 1.83. The number of ether oxygens (including phenoxy) is 1. The van der Waals surface area contributed by atoms with Gasteiger partial charge in [-0.25, -0.2) is 0 Å². The summed E-state index contributed by atoms with van der Waals surface area (Å²) in [6, 6.07) is 7.85. The van der Waals surface area contributed by atoms with Crippen molar-refractivity contribution >= 4 is 5.91 Å². The van der Waals surface area contributed by atoms with E-state index in [1.165, 1.54) is 0 Å². The molecule has 1 N–H and O–H groups in total. The van der Waals surface area contributed by atoms with E-state index in [1.807, 2.05) is 45.2 Å². The number of rotatable bonds is 8. The van der Waals surface area contributed by atoms with Crippen LogP contribution in [0.2, 0.25) is 0 Å². The van der Waals surface area contributed by atoms with Gasteiger partial charge >= 0.3 is 0 Å². The average Bonchev–Trinajstić information content (AvgIpc) is 2.41. The van der Waals surface area contributed by atoms with Crippen LogP contribution in [-0.4, -0.2) is 37.6 Å². The normalized spacial score (nSPS) is 10.3. The summed E-state index contributed by atoms with van der Waals surface area (Å²) in [6.45, 7) is 6.84. The molecule has 0 saturated heterocycles. The Morgan fingerprint density at radius 1 is 1.32 bits per heavy atom. The lowest BCUT2D eigenvalue weighted by Gasteiger charge is -2.19. The molecule has 4 heteroatoms. The second-order valence-corrected chi connectivity index (χ2v) is 4.39. The van der Waals surface area contributed by atoms with Gasteiger partial charge in [-0.2, -0.15) is 0 Å². The van der Waals surface area contributed by atoms with E-state index >= 15 is 0 Å². The number of para-hydroxylation sites is 1. The number of carbonyl (C=O) groups is 1. The van der Waals surface area contributed by atoms with Crippen LogP contribution in [0.1, 0.15) is 25.8 Å². The minimum atomic E-state index is 0.146. The van der Waals surface area contributed by atoms with Crippen molar-refractivity contribution in [1.29, 1.82) is 0 Å². The van der Waals surface area contributed by atoms with Gasteiger partial charge in [0.2, 0.25) is 5.91 Å². The fourth-order valence-electron chi connectivity index (χ4n) is 1.84. The van der Waals surface area contributed by atoms with Crippen molar-refractivity contribution in [3.8, 4) is 5.75 Å². The smallest absolute Gasteiger partial charge is 0.223 e. The molecule has 1 rings (SSSR count). The minimum absolute atomic E-state index is 0.146. The molecular weight excluding hydrogens is 240 g/mol. The lowest BCUT2D eigenvalue weighted by Crippen LogP contribution is -2.29. The van der Waals surface area contributed by atoms with Gasteiger partial charge < -0.3 is 15.0 Å². The van der Waals surface area contributed by atoms with Crippen molar-refractivity contribution in [3.05, 3.63) is 29.8 Å². The van der Waals surface area contributed by atoms with E-state index in [4.69, 9.17) is 4.74 Å². The van der Waals surface area contributed by atoms with Crippen LogP contribution in [0.25, 0.3) is 0 Å². The van der Waals surface area contributed by atoms with Crippen LogP contribution in [0.4, 0.5) is 0 Å². The highest BCUT2D eigenvalue weighted by Gasteiger charge is 2.11. The van der Waals surface area contributed by atoms with E-state index in [0.717, 1.165) is 24.4 Å². The first-order valence-corrected chi connectivity index (χ1v) is 6.84. The molecule has 0 aromatic heterocycles. The Balaban J connectivity index is 2.55. The van der Waals surface area contributed by atoms with Crippen LogP contribution in [0.15, 0.2) is 24.3 Å². The highest BCUT2D eigenvalue weighted by atomic mass is 16.5. The molecule has 0 fully saturated rings. The van der Waals surface area contributed by atoms with E-state index in [-0.39, 0.29) is 5.91 Å². The SMILES string of the molecule is CCNCCC(=O)N(C)Cc1ccccc1OCC. The maximum absolute atomic E-state index is 11.9. The Bertz CT molecular complexity index is 393. The third kappa shape index (κ3) is 5.30. The van der Waals surface area contributed by atoms with Crippen molar-refractivity contribution in [2.24, 2.45) is 0 Å². The number of hydrogen-bond acceptors (Lipinski definition) is 3. The molecule has 19 heavy (non-hydrogen) atoms. The van der Waals surface area contributed by atoms with Gasteiger partial charge in [-0.15, -0.1) is 0 Å². The Kier molecular flexibility index (Phi) is 6.97. The van der Waals surface area contributed by atoms with Crippen molar-refractivity contribution < 1.29 is 9.53 Å². The van der Waals surface area contributed by atoms with Gasteiger partial charge in [-0.1, -0.05) is 25.1 Å². The molecule has 0 spiro atoms. The molecule has 0 radical (unpaired) electrons. The zero-order valence-electron chi connectivity index (χ0n) is 12.1. The van der Waals surface area contributed by atoms with E-state index in [0.29, 0.717) is 19.6 Å². The molecule has 0 atom stereocenters. The number of hydrogen-bond donors (Lipinski definition) is 1. The number of amides is 1. The number of benzene rings is 1. The van der Waals surface area contributed by atoms with E-state index in [2.05, 4.69) is 5.32 Å². The molecule has 0 unspecified atom stereocenters. The third-order valence-corrected chi connectivity index (χ3v) is 2.87. The van der Waals surface area contributed by atoms with Gasteiger partial charge in [-0.05, 0) is 19.5 Å². The molecule has 1 aromatic rings. The molecular formula is C15H24N2O2. The van der Waals surface area contributed by atoms with Crippen molar-refractivity contribution in [1.82, 2.24) is 10.2 Å². The Morgan fingerprint density at radius 3 is 2.74 bits per heavy atom. The van der Waals surface area contributed by atoms with Gasteiger partial charge in [0.05, 0.1) is 6.61 Å². The van der Waals surface area contributed by atoms with Crippen LogP contribution in [0.3, 0.4) is 0 Å². The third-order valence-electron chi connectivity index (χ3n) is 2.87. The molecule has 0 saturated carbocycles. The number of nitrogens with one attached hydrogen (secondary N) is 1. The largest absolute Gasteiger partial charge is 0.494 e. The van der Waals surface area contributed by atoms with Crippen molar-refractivity contribution in [2.45, 2.75) is 26.8 Å². The first kappa shape index (κ1) is 15.5. The van der Waals surface area contributed by atoms with E-state index in [1.54, 1.807) is 4.90 Å². The quantitative estimate of drug-likeness (QED) is 0.731. The fourth-order valence-corrected chi connectivity index (χ4v) is 1.84. The maximum atomic E-state index is 11.9. The lowest BCUT2D eigenvalue weighted by atomic mass is 10.2. The second-order valence-electron chi connectivity index (χ2n) is 4.39. The molecule has 1 aromatic carbocycles. The van der Waals surface area contributed by atoms with Crippen LogP contribution in [0.5, 0.6) is 5.75 Å². The minimum Gasteiger partial charge on any atom is -0.494 e.